The number of carbonyl (C=O) groups excluding carboxylic acids is 1. The lowest BCUT2D eigenvalue weighted by Gasteiger charge is -2.29. The van der Waals surface area contributed by atoms with Crippen LogP contribution in [0.2, 0.25) is 0 Å². The Morgan fingerprint density at radius 2 is 1.95 bits per heavy atom. The number of hydrogen-bond donors (Lipinski definition) is 2. The highest BCUT2D eigenvalue weighted by molar-refractivity contribution is 9.10. The molecule has 0 aliphatic rings. The van der Waals surface area contributed by atoms with E-state index in [0.717, 1.165) is 10.0 Å². The molecule has 6 heteroatoms. The number of benzene rings is 1. The predicted molar refractivity (Wildman–Crippen MR) is 85.1 cm³/mol. The van der Waals surface area contributed by atoms with Gasteiger partial charge in [-0.2, -0.15) is 0 Å². The van der Waals surface area contributed by atoms with Crippen LogP contribution in [0.4, 0.5) is 4.79 Å². The Bertz CT molecular complexity index is 517. The van der Waals surface area contributed by atoms with Gasteiger partial charge in [-0.25, -0.2) is 4.79 Å². The molecule has 1 aromatic rings. The molecule has 21 heavy (non-hydrogen) atoms. The van der Waals surface area contributed by atoms with Crippen molar-refractivity contribution in [2.45, 2.75) is 38.8 Å². The molecule has 0 heterocycles. The number of nitrogens with one attached hydrogen (secondary N) is 1. The van der Waals surface area contributed by atoms with Crippen LogP contribution in [0, 0.1) is 0 Å². The first-order chi connectivity index (χ1) is 9.71. The summed E-state index contributed by atoms with van der Waals surface area (Å²) in [6, 6.07) is 7.49. The van der Waals surface area contributed by atoms with E-state index in [-0.39, 0.29) is 12.5 Å². The van der Waals surface area contributed by atoms with Crippen LogP contribution in [0.1, 0.15) is 32.3 Å². The molecule has 0 unspecified atom stereocenters. The fourth-order valence-electron chi connectivity index (χ4n) is 1.82. The monoisotopic (exact) mass is 356 g/mol. The molecule has 0 aliphatic carbocycles. The number of carboxylic acids is 1. The van der Waals surface area contributed by atoms with Crippen LogP contribution >= 0.6 is 15.9 Å². The average molecular weight is 357 g/mol. The summed E-state index contributed by atoms with van der Waals surface area (Å²) in [5, 5.41) is 11.6. The average Bonchev–Trinajstić information content (AvgIpc) is 2.38. The highest BCUT2D eigenvalue weighted by Crippen LogP contribution is 2.18. The first-order valence-electron chi connectivity index (χ1n) is 6.70. The van der Waals surface area contributed by atoms with Crippen LogP contribution in [0.15, 0.2) is 28.7 Å². The zero-order valence-corrected chi connectivity index (χ0v) is 14.1. The Morgan fingerprint density at radius 1 is 1.33 bits per heavy atom. The van der Waals surface area contributed by atoms with E-state index in [0.29, 0.717) is 13.0 Å². The minimum Gasteiger partial charge on any atom is -0.481 e. The SMILES string of the molecule is CN(Cc1ccccc1Br)C(=O)NC(C)(C)CCC(=O)O. The highest BCUT2D eigenvalue weighted by Gasteiger charge is 2.23. The van der Waals surface area contributed by atoms with Crippen LogP contribution in [-0.4, -0.2) is 34.6 Å². The molecule has 0 radical (unpaired) electrons. The predicted octanol–water partition coefficient (Wildman–Crippen LogP) is 3.23. The normalized spacial score (nSPS) is 11.0. The second-order valence-corrected chi connectivity index (χ2v) is 6.51. The number of carbonyl (C=O) groups is 2. The first-order valence-corrected chi connectivity index (χ1v) is 7.49. The van der Waals surface area contributed by atoms with Crippen molar-refractivity contribution in [1.82, 2.24) is 10.2 Å². The van der Waals surface area contributed by atoms with E-state index in [1.807, 2.05) is 38.1 Å². The van der Waals surface area contributed by atoms with Gasteiger partial charge in [0.05, 0.1) is 0 Å². The van der Waals surface area contributed by atoms with Crippen molar-refractivity contribution >= 4 is 27.9 Å². The number of aliphatic carboxylic acids is 1. The second-order valence-electron chi connectivity index (χ2n) is 5.66. The summed E-state index contributed by atoms with van der Waals surface area (Å²) in [5.41, 5.74) is 0.455. The summed E-state index contributed by atoms with van der Waals surface area (Å²) in [7, 11) is 1.71. The van der Waals surface area contributed by atoms with E-state index in [1.165, 1.54) is 0 Å². The van der Waals surface area contributed by atoms with E-state index in [2.05, 4.69) is 21.2 Å². The smallest absolute Gasteiger partial charge is 0.317 e. The molecule has 0 saturated heterocycles. The van der Waals surface area contributed by atoms with Crippen LogP contribution in [-0.2, 0) is 11.3 Å². The highest BCUT2D eigenvalue weighted by atomic mass is 79.9. The van der Waals surface area contributed by atoms with E-state index in [9.17, 15) is 9.59 Å². The molecule has 116 valence electrons. The summed E-state index contributed by atoms with van der Waals surface area (Å²) in [6.07, 6.45) is 0.415. The van der Waals surface area contributed by atoms with Crippen LogP contribution in [0.3, 0.4) is 0 Å². The Kier molecular flexibility index (Phi) is 6.20. The van der Waals surface area contributed by atoms with Crippen LogP contribution < -0.4 is 5.32 Å². The van der Waals surface area contributed by atoms with Gasteiger partial charge in [-0.3, -0.25) is 4.79 Å². The molecule has 0 fully saturated rings. The molecule has 2 N–H and O–H groups in total. The third-order valence-corrected chi connectivity index (χ3v) is 3.89. The fourth-order valence-corrected chi connectivity index (χ4v) is 2.23. The van der Waals surface area contributed by atoms with Crippen molar-refractivity contribution in [2.75, 3.05) is 7.05 Å². The van der Waals surface area contributed by atoms with Crippen molar-refractivity contribution in [3.05, 3.63) is 34.3 Å². The van der Waals surface area contributed by atoms with Gasteiger partial charge in [0.2, 0.25) is 0 Å². The number of halogens is 1. The molecule has 0 bridgehead atoms. The van der Waals surface area contributed by atoms with Gasteiger partial charge in [-0.05, 0) is 31.9 Å². The zero-order valence-electron chi connectivity index (χ0n) is 12.5. The largest absolute Gasteiger partial charge is 0.481 e. The summed E-state index contributed by atoms with van der Waals surface area (Å²) in [6.45, 7) is 4.11. The molecule has 2 amide bonds. The molecule has 5 nitrogen and oxygen atoms in total. The van der Waals surface area contributed by atoms with Gasteiger partial charge in [-0.1, -0.05) is 34.1 Å². The lowest BCUT2D eigenvalue weighted by Crippen LogP contribution is -2.48. The molecule has 1 rings (SSSR count). The Hall–Kier alpha value is -1.56. The van der Waals surface area contributed by atoms with Gasteiger partial charge in [-0.15, -0.1) is 0 Å². The Balaban J connectivity index is 2.58. The Morgan fingerprint density at radius 3 is 2.52 bits per heavy atom. The van der Waals surface area contributed by atoms with E-state index in [4.69, 9.17) is 5.11 Å². The van der Waals surface area contributed by atoms with Crippen LogP contribution in [0.5, 0.6) is 0 Å². The fraction of sp³-hybridized carbons (Fsp3) is 0.467. The molecule has 0 aliphatic heterocycles. The minimum atomic E-state index is -0.862. The molecule has 0 spiro atoms. The third kappa shape index (κ3) is 6.16. The molecular weight excluding hydrogens is 336 g/mol. The van der Waals surface area contributed by atoms with Crippen molar-refractivity contribution in [3.8, 4) is 0 Å². The van der Waals surface area contributed by atoms with Crippen molar-refractivity contribution in [3.63, 3.8) is 0 Å². The first kappa shape index (κ1) is 17.5. The molecule has 0 saturated carbocycles. The molecule has 1 aromatic carbocycles. The maximum absolute atomic E-state index is 12.2. The van der Waals surface area contributed by atoms with Crippen molar-refractivity contribution < 1.29 is 14.7 Å². The summed E-state index contributed by atoms with van der Waals surface area (Å²) in [5.74, 6) is -0.862. The van der Waals surface area contributed by atoms with E-state index >= 15 is 0 Å². The zero-order chi connectivity index (χ0) is 16.0. The second kappa shape index (κ2) is 7.45. The number of nitrogens with zero attached hydrogens (tertiary/aromatic N) is 1. The number of rotatable bonds is 6. The summed E-state index contributed by atoms with van der Waals surface area (Å²) < 4.78 is 0.954. The number of urea groups is 1. The van der Waals surface area contributed by atoms with Gasteiger partial charge >= 0.3 is 12.0 Å². The summed E-state index contributed by atoms with van der Waals surface area (Å²) >= 11 is 3.45. The third-order valence-electron chi connectivity index (χ3n) is 3.12. The van der Waals surface area contributed by atoms with Gasteiger partial charge in [0.15, 0.2) is 0 Å². The van der Waals surface area contributed by atoms with Gasteiger partial charge < -0.3 is 15.3 Å². The maximum Gasteiger partial charge on any atom is 0.317 e. The molecular formula is C15H21BrN2O3. The number of amides is 2. The lowest BCUT2D eigenvalue weighted by molar-refractivity contribution is -0.137. The van der Waals surface area contributed by atoms with Gasteiger partial charge in [0, 0.05) is 30.0 Å². The molecule has 0 atom stereocenters. The van der Waals surface area contributed by atoms with Crippen LogP contribution in [0.25, 0.3) is 0 Å². The van der Waals surface area contributed by atoms with Crippen molar-refractivity contribution in [1.29, 1.82) is 0 Å². The minimum absolute atomic E-state index is 0.0290. The van der Waals surface area contributed by atoms with E-state index in [1.54, 1.807) is 11.9 Å². The van der Waals surface area contributed by atoms with Crippen molar-refractivity contribution in [2.24, 2.45) is 0 Å². The quantitative estimate of drug-likeness (QED) is 0.821. The lowest BCUT2D eigenvalue weighted by atomic mass is 9.99. The number of hydrogen-bond acceptors (Lipinski definition) is 2. The Labute approximate surface area is 133 Å². The molecule has 0 aromatic heterocycles. The van der Waals surface area contributed by atoms with E-state index < -0.39 is 11.5 Å². The van der Waals surface area contributed by atoms with Gasteiger partial charge in [0.25, 0.3) is 0 Å². The standard InChI is InChI=1S/C15H21BrN2O3/c1-15(2,9-8-13(19)20)17-14(21)18(3)10-11-6-4-5-7-12(11)16/h4-7H,8-10H2,1-3H3,(H,17,21)(H,19,20). The maximum atomic E-state index is 12.2. The van der Waals surface area contributed by atoms with Gasteiger partial charge in [0.1, 0.15) is 0 Å². The number of carboxylic acid groups (broad SMARTS) is 1. The summed E-state index contributed by atoms with van der Waals surface area (Å²) in [4.78, 5) is 24.4. The topological polar surface area (TPSA) is 69.6 Å².